The Bertz CT molecular complexity index is 291. The molecule has 0 aliphatic rings. The smallest absolute Gasteiger partial charge is 0.140 e. The fourth-order valence-electron chi connectivity index (χ4n) is 0.767. The summed E-state index contributed by atoms with van der Waals surface area (Å²) in [4.78, 5) is 4.00. The van der Waals surface area contributed by atoms with Gasteiger partial charge in [0.25, 0.3) is 0 Å². The monoisotopic (exact) mass is 183 g/mol. The molecule has 1 unspecified atom stereocenters. The molecule has 0 fully saturated rings. The van der Waals surface area contributed by atoms with Gasteiger partial charge in [0.2, 0.25) is 0 Å². The minimum Gasteiger partial charge on any atom is -0.323 e. The second-order valence-corrected chi connectivity index (χ2v) is 2.35. The molecule has 0 saturated carbocycles. The quantitative estimate of drug-likeness (QED) is 0.716. The Balaban J connectivity index is 0.00000121. The summed E-state index contributed by atoms with van der Waals surface area (Å²) in [6, 6.07) is 7.10. The van der Waals surface area contributed by atoms with Crippen molar-refractivity contribution < 1.29 is 0 Å². The highest BCUT2D eigenvalue weighted by atomic mass is 35.5. The molecule has 1 aromatic rings. The van der Waals surface area contributed by atoms with E-state index in [2.05, 4.69) is 4.98 Å². The maximum absolute atomic E-state index is 8.49. The molecule has 0 aliphatic carbocycles. The van der Waals surface area contributed by atoms with Crippen LogP contribution in [0, 0.1) is 11.3 Å². The molecule has 3 nitrogen and oxygen atoms in total. The fraction of sp³-hybridized carbons (Fsp3) is 0.250. The van der Waals surface area contributed by atoms with Crippen LogP contribution >= 0.6 is 12.4 Å². The van der Waals surface area contributed by atoms with Crippen molar-refractivity contribution in [1.82, 2.24) is 4.98 Å². The van der Waals surface area contributed by atoms with Crippen LogP contribution in [0.15, 0.2) is 18.2 Å². The van der Waals surface area contributed by atoms with Gasteiger partial charge in [0.15, 0.2) is 0 Å². The number of rotatable bonds is 1. The van der Waals surface area contributed by atoms with E-state index in [0.717, 1.165) is 5.69 Å². The van der Waals surface area contributed by atoms with Gasteiger partial charge in [-0.25, -0.2) is 4.98 Å². The zero-order chi connectivity index (χ0) is 8.27. The minimum atomic E-state index is -0.108. The van der Waals surface area contributed by atoms with Crippen molar-refractivity contribution in [3.8, 4) is 6.07 Å². The van der Waals surface area contributed by atoms with Crippen LogP contribution in [-0.4, -0.2) is 4.98 Å². The first-order valence-corrected chi connectivity index (χ1v) is 3.36. The average Bonchev–Trinajstić information content (AvgIpc) is 2.05. The van der Waals surface area contributed by atoms with Crippen molar-refractivity contribution in [3.05, 3.63) is 29.6 Å². The number of nitriles is 1. The van der Waals surface area contributed by atoms with Gasteiger partial charge in [0, 0.05) is 6.04 Å². The average molecular weight is 184 g/mol. The topological polar surface area (TPSA) is 62.7 Å². The van der Waals surface area contributed by atoms with Crippen LogP contribution < -0.4 is 5.73 Å². The zero-order valence-electron chi connectivity index (χ0n) is 6.69. The number of halogens is 1. The van der Waals surface area contributed by atoms with E-state index in [9.17, 15) is 0 Å². The molecule has 0 spiro atoms. The lowest BCUT2D eigenvalue weighted by Crippen LogP contribution is -2.07. The van der Waals surface area contributed by atoms with E-state index < -0.39 is 0 Å². The number of nitrogens with two attached hydrogens (primary N) is 1. The molecule has 0 bridgehead atoms. The Morgan fingerprint density at radius 3 is 2.75 bits per heavy atom. The number of nitrogens with zero attached hydrogens (tertiary/aromatic N) is 2. The molecule has 0 radical (unpaired) electrons. The second kappa shape index (κ2) is 4.70. The highest BCUT2D eigenvalue weighted by Crippen LogP contribution is 2.05. The van der Waals surface area contributed by atoms with E-state index >= 15 is 0 Å². The third kappa shape index (κ3) is 2.50. The Morgan fingerprint density at radius 1 is 1.58 bits per heavy atom. The fourth-order valence-corrected chi connectivity index (χ4v) is 0.767. The van der Waals surface area contributed by atoms with Crippen LogP contribution in [0.1, 0.15) is 24.4 Å². The Labute approximate surface area is 77.6 Å². The third-order valence-corrected chi connectivity index (χ3v) is 1.35. The van der Waals surface area contributed by atoms with Gasteiger partial charge < -0.3 is 5.73 Å². The number of hydrogen-bond acceptors (Lipinski definition) is 3. The third-order valence-electron chi connectivity index (χ3n) is 1.35. The first kappa shape index (κ1) is 10.9. The van der Waals surface area contributed by atoms with E-state index in [-0.39, 0.29) is 18.4 Å². The van der Waals surface area contributed by atoms with Crippen LogP contribution in [0.5, 0.6) is 0 Å². The van der Waals surface area contributed by atoms with E-state index in [1.165, 1.54) is 0 Å². The summed E-state index contributed by atoms with van der Waals surface area (Å²) in [6.07, 6.45) is 0. The largest absolute Gasteiger partial charge is 0.323 e. The standard InChI is InChI=1S/C8H9N3.ClH/c1-6(10)8-4-2-3-7(5-9)11-8;/h2-4,6H,10H2,1H3;1H. The summed E-state index contributed by atoms with van der Waals surface area (Å²) in [5, 5.41) is 8.49. The van der Waals surface area contributed by atoms with Gasteiger partial charge in [-0.1, -0.05) is 6.07 Å². The van der Waals surface area contributed by atoms with Crippen LogP contribution in [0.3, 0.4) is 0 Å². The van der Waals surface area contributed by atoms with Gasteiger partial charge in [-0.3, -0.25) is 0 Å². The molecule has 1 atom stereocenters. The maximum Gasteiger partial charge on any atom is 0.140 e. The highest BCUT2D eigenvalue weighted by Gasteiger charge is 2.00. The first-order valence-electron chi connectivity index (χ1n) is 3.36. The molecule has 0 amide bonds. The highest BCUT2D eigenvalue weighted by molar-refractivity contribution is 5.85. The van der Waals surface area contributed by atoms with Crippen molar-refractivity contribution in [1.29, 1.82) is 5.26 Å². The molecule has 2 N–H and O–H groups in total. The lowest BCUT2D eigenvalue weighted by molar-refractivity contribution is 0.779. The van der Waals surface area contributed by atoms with Crippen LogP contribution in [0.2, 0.25) is 0 Å². The SMILES string of the molecule is CC(N)c1cccc(C#N)n1.Cl. The van der Waals surface area contributed by atoms with Crippen LogP contribution in [0.4, 0.5) is 0 Å². The molecule has 0 aliphatic heterocycles. The Kier molecular flexibility index (Phi) is 4.27. The lowest BCUT2D eigenvalue weighted by atomic mass is 10.2. The summed E-state index contributed by atoms with van der Waals surface area (Å²) in [7, 11) is 0. The van der Waals surface area contributed by atoms with Crippen LogP contribution in [-0.2, 0) is 0 Å². The number of aromatic nitrogens is 1. The van der Waals surface area contributed by atoms with Crippen molar-refractivity contribution in [3.63, 3.8) is 0 Å². The Hall–Kier alpha value is -1.11. The number of hydrogen-bond donors (Lipinski definition) is 1. The first-order chi connectivity index (χ1) is 5.24. The molecule has 4 heteroatoms. The van der Waals surface area contributed by atoms with Gasteiger partial charge in [-0.05, 0) is 19.1 Å². The molecular weight excluding hydrogens is 174 g/mol. The second-order valence-electron chi connectivity index (χ2n) is 2.35. The van der Waals surface area contributed by atoms with Gasteiger partial charge >= 0.3 is 0 Å². The maximum atomic E-state index is 8.49. The van der Waals surface area contributed by atoms with Gasteiger partial charge in [0.1, 0.15) is 11.8 Å². The van der Waals surface area contributed by atoms with E-state index in [1.54, 1.807) is 12.1 Å². The van der Waals surface area contributed by atoms with Gasteiger partial charge in [-0.15, -0.1) is 12.4 Å². The molecule has 0 saturated heterocycles. The van der Waals surface area contributed by atoms with Crippen molar-refractivity contribution in [2.45, 2.75) is 13.0 Å². The predicted octanol–water partition coefficient (Wildman–Crippen LogP) is 1.39. The molecule has 1 rings (SSSR count). The zero-order valence-corrected chi connectivity index (χ0v) is 7.51. The van der Waals surface area contributed by atoms with Crippen LogP contribution in [0.25, 0.3) is 0 Å². The summed E-state index contributed by atoms with van der Waals surface area (Å²) in [5.74, 6) is 0. The van der Waals surface area contributed by atoms with Gasteiger partial charge in [0.05, 0.1) is 5.69 Å². The summed E-state index contributed by atoms with van der Waals surface area (Å²) in [6.45, 7) is 1.84. The predicted molar refractivity (Wildman–Crippen MR) is 48.8 cm³/mol. The van der Waals surface area contributed by atoms with Crippen molar-refractivity contribution >= 4 is 12.4 Å². The lowest BCUT2D eigenvalue weighted by Gasteiger charge is -2.02. The molecule has 64 valence electrons. The number of pyridine rings is 1. The minimum absolute atomic E-state index is 0. The molecule has 1 heterocycles. The normalized spacial score (nSPS) is 11.1. The molecule has 12 heavy (non-hydrogen) atoms. The summed E-state index contributed by atoms with van der Waals surface area (Å²) in [5.41, 5.74) is 6.74. The summed E-state index contributed by atoms with van der Waals surface area (Å²) >= 11 is 0. The van der Waals surface area contributed by atoms with E-state index in [1.807, 2.05) is 19.1 Å². The summed E-state index contributed by atoms with van der Waals surface area (Å²) < 4.78 is 0. The van der Waals surface area contributed by atoms with Crippen molar-refractivity contribution in [2.24, 2.45) is 5.73 Å². The molecule has 1 aromatic heterocycles. The molecule has 0 aromatic carbocycles. The van der Waals surface area contributed by atoms with E-state index in [0.29, 0.717) is 5.69 Å². The van der Waals surface area contributed by atoms with Crippen molar-refractivity contribution in [2.75, 3.05) is 0 Å². The van der Waals surface area contributed by atoms with Gasteiger partial charge in [-0.2, -0.15) is 5.26 Å². The molecular formula is C8H10ClN3. The Morgan fingerprint density at radius 2 is 2.25 bits per heavy atom. The van der Waals surface area contributed by atoms with E-state index in [4.69, 9.17) is 11.0 Å².